The number of rotatable bonds is 3. The van der Waals surface area contributed by atoms with Crippen molar-refractivity contribution in [1.29, 1.82) is 0 Å². The molecular formula is C10H14N4S. The number of thiazole rings is 1. The molecule has 0 saturated carbocycles. The molecular weight excluding hydrogens is 208 g/mol. The molecule has 5 heteroatoms. The molecule has 0 bridgehead atoms. The van der Waals surface area contributed by atoms with Gasteiger partial charge in [0.2, 0.25) is 5.13 Å². The summed E-state index contributed by atoms with van der Waals surface area (Å²) >= 11 is 1.59. The Bertz CT molecular complexity index is 432. The molecule has 2 aromatic rings. The van der Waals surface area contributed by atoms with E-state index in [0.29, 0.717) is 6.04 Å². The average molecular weight is 222 g/mol. The summed E-state index contributed by atoms with van der Waals surface area (Å²) in [7, 11) is 1.95. The third-order valence-corrected chi connectivity index (χ3v) is 3.29. The zero-order valence-electron chi connectivity index (χ0n) is 9.06. The second-order valence-corrected chi connectivity index (χ2v) is 4.30. The fourth-order valence-corrected chi connectivity index (χ4v) is 2.17. The van der Waals surface area contributed by atoms with Crippen molar-refractivity contribution in [2.45, 2.75) is 19.9 Å². The SMILES string of the molecule is CNC(C)c1cnn(-c2nccs2)c1C. The van der Waals surface area contributed by atoms with Crippen LogP contribution in [-0.4, -0.2) is 21.8 Å². The summed E-state index contributed by atoms with van der Waals surface area (Å²) in [6, 6.07) is 0.318. The minimum absolute atomic E-state index is 0.318. The van der Waals surface area contributed by atoms with E-state index in [2.05, 4.69) is 29.2 Å². The van der Waals surface area contributed by atoms with E-state index < -0.39 is 0 Å². The Morgan fingerprint density at radius 2 is 2.33 bits per heavy atom. The number of hydrogen-bond donors (Lipinski definition) is 1. The number of nitrogens with one attached hydrogen (secondary N) is 1. The predicted molar refractivity (Wildman–Crippen MR) is 61.4 cm³/mol. The van der Waals surface area contributed by atoms with Gasteiger partial charge in [-0.1, -0.05) is 0 Å². The van der Waals surface area contributed by atoms with Gasteiger partial charge < -0.3 is 5.32 Å². The summed E-state index contributed by atoms with van der Waals surface area (Å²) in [6.45, 7) is 4.19. The first-order valence-corrected chi connectivity index (χ1v) is 5.73. The molecule has 0 fully saturated rings. The fraction of sp³-hybridized carbons (Fsp3) is 0.400. The zero-order valence-corrected chi connectivity index (χ0v) is 9.88. The van der Waals surface area contributed by atoms with Crippen LogP contribution in [0.15, 0.2) is 17.8 Å². The first-order chi connectivity index (χ1) is 7.24. The van der Waals surface area contributed by atoms with E-state index in [9.17, 15) is 0 Å². The molecule has 0 aromatic carbocycles. The van der Waals surface area contributed by atoms with Crippen molar-refractivity contribution in [2.75, 3.05) is 7.05 Å². The van der Waals surface area contributed by atoms with Gasteiger partial charge in [-0.3, -0.25) is 0 Å². The summed E-state index contributed by atoms with van der Waals surface area (Å²) in [4.78, 5) is 4.24. The fourth-order valence-electron chi connectivity index (χ4n) is 1.52. The van der Waals surface area contributed by atoms with Gasteiger partial charge in [0.15, 0.2) is 0 Å². The van der Waals surface area contributed by atoms with Crippen LogP contribution in [0.25, 0.3) is 5.13 Å². The Kier molecular flexibility index (Phi) is 2.83. The van der Waals surface area contributed by atoms with Crippen molar-refractivity contribution < 1.29 is 0 Å². The van der Waals surface area contributed by atoms with Crippen LogP contribution in [0.5, 0.6) is 0 Å². The van der Waals surface area contributed by atoms with Gasteiger partial charge >= 0.3 is 0 Å². The molecule has 0 spiro atoms. The van der Waals surface area contributed by atoms with Crippen LogP contribution in [0.3, 0.4) is 0 Å². The second-order valence-electron chi connectivity index (χ2n) is 3.42. The van der Waals surface area contributed by atoms with E-state index in [4.69, 9.17) is 0 Å². The summed E-state index contributed by atoms with van der Waals surface area (Å²) in [6.07, 6.45) is 3.69. The highest BCUT2D eigenvalue weighted by molar-refractivity contribution is 7.12. The molecule has 0 aliphatic rings. The van der Waals surface area contributed by atoms with Crippen molar-refractivity contribution in [3.05, 3.63) is 29.0 Å². The Labute approximate surface area is 93.0 Å². The summed E-state index contributed by atoms with van der Waals surface area (Å²) in [5.74, 6) is 0. The largest absolute Gasteiger partial charge is 0.313 e. The van der Waals surface area contributed by atoms with E-state index in [1.54, 1.807) is 17.5 Å². The van der Waals surface area contributed by atoms with Gasteiger partial charge in [0.05, 0.1) is 6.20 Å². The van der Waals surface area contributed by atoms with E-state index in [1.807, 2.05) is 23.3 Å². The lowest BCUT2D eigenvalue weighted by molar-refractivity contribution is 0.647. The molecule has 0 saturated heterocycles. The van der Waals surface area contributed by atoms with Gasteiger partial charge in [-0.05, 0) is 20.9 Å². The van der Waals surface area contributed by atoms with Crippen LogP contribution in [0, 0.1) is 6.92 Å². The van der Waals surface area contributed by atoms with Crippen LogP contribution < -0.4 is 5.32 Å². The molecule has 1 N–H and O–H groups in total. The average Bonchev–Trinajstić information content (AvgIpc) is 2.85. The third kappa shape index (κ3) is 1.80. The maximum atomic E-state index is 4.35. The lowest BCUT2D eigenvalue weighted by atomic mass is 10.1. The Morgan fingerprint density at radius 3 is 2.93 bits per heavy atom. The second kappa shape index (κ2) is 4.12. The van der Waals surface area contributed by atoms with Crippen molar-refractivity contribution >= 4 is 11.3 Å². The first-order valence-electron chi connectivity index (χ1n) is 4.85. The van der Waals surface area contributed by atoms with Crippen molar-refractivity contribution in [3.63, 3.8) is 0 Å². The standard InChI is InChI=1S/C10H14N4S/c1-7(11-3)9-6-13-14(8(9)2)10-12-4-5-15-10/h4-7,11H,1-3H3. The normalized spacial score (nSPS) is 13.0. The molecule has 0 amide bonds. The highest BCUT2D eigenvalue weighted by Gasteiger charge is 2.13. The molecule has 0 radical (unpaired) electrons. The molecule has 2 rings (SSSR count). The monoisotopic (exact) mass is 222 g/mol. The molecule has 2 aromatic heterocycles. The summed E-state index contributed by atoms with van der Waals surface area (Å²) in [5.41, 5.74) is 2.36. The minimum atomic E-state index is 0.318. The molecule has 2 heterocycles. The van der Waals surface area contributed by atoms with Gasteiger partial charge in [-0.15, -0.1) is 11.3 Å². The van der Waals surface area contributed by atoms with Gasteiger partial charge in [-0.25, -0.2) is 9.67 Å². The highest BCUT2D eigenvalue weighted by atomic mass is 32.1. The quantitative estimate of drug-likeness (QED) is 0.862. The van der Waals surface area contributed by atoms with Gasteiger partial charge in [-0.2, -0.15) is 5.10 Å². The van der Waals surface area contributed by atoms with Crippen LogP contribution in [0.4, 0.5) is 0 Å². The molecule has 1 atom stereocenters. The van der Waals surface area contributed by atoms with Crippen molar-refractivity contribution in [1.82, 2.24) is 20.1 Å². The predicted octanol–water partition coefficient (Wildman–Crippen LogP) is 1.92. The van der Waals surface area contributed by atoms with Gasteiger partial charge in [0, 0.05) is 28.9 Å². The Morgan fingerprint density at radius 1 is 1.53 bits per heavy atom. The Hall–Kier alpha value is -1.20. The topological polar surface area (TPSA) is 42.7 Å². The number of nitrogens with zero attached hydrogens (tertiary/aromatic N) is 3. The number of aromatic nitrogens is 3. The Balaban J connectivity index is 2.40. The third-order valence-electron chi connectivity index (χ3n) is 2.55. The lowest BCUT2D eigenvalue weighted by Crippen LogP contribution is -2.13. The maximum absolute atomic E-state index is 4.35. The lowest BCUT2D eigenvalue weighted by Gasteiger charge is -2.09. The highest BCUT2D eigenvalue weighted by Crippen LogP contribution is 2.20. The first kappa shape index (κ1) is 10.3. The molecule has 1 unspecified atom stereocenters. The summed E-state index contributed by atoms with van der Waals surface area (Å²) in [5, 5.41) is 10.4. The smallest absolute Gasteiger partial charge is 0.210 e. The van der Waals surface area contributed by atoms with E-state index in [1.165, 1.54) is 5.56 Å². The molecule has 0 aliphatic carbocycles. The van der Waals surface area contributed by atoms with Gasteiger partial charge in [0.1, 0.15) is 0 Å². The van der Waals surface area contributed by atoms with Crippen LogP contribution in [-0.2, 0) is 0 Å². The van der Waals surface area contributed by atoms with Crippen molar-refractivity contribution in [2.24, 2.45) is 0 Å². The summed E-state index contributed by atoms with van der Waals surface area (Å²) < 4.78 is 1.88. The van der Waals surface area contributed by atoms with Crippen LogP contribution in [0.1, 0.15) is 24.2 Å². The molecule has 15 heavy (non-hydrogen) atoms. The van der Waals surface area contributed by atoms with E-state index in [-0.39, 0.29) is 0 Å². The van der Waals surface area contributed by atoms with Crippen molar-refractivity contribution in [3.8, 4) is 5.13 Å². The van der Waals surface area contributed by atoms with E-state index in [0.717, 1.165) is 10.8 Å². The number of hydrogen-bond acceptors (Lipinski definition) is 4. The molecule has 80 valence electrons. The van der Waals surface area contributed by atoms with Crippen LogP contribution in [0.2, 0.25) is 0 Å². The zero-order chi connectivity index (χ0) is 10.8. The van der Waals surface area contributed by atoms with E-state index >= 15 is 0 Å². The molecule has 0 aliphatic heterocycles. The maximum Gasteiger partial charge on any atom is 0.210 e. The molecule has 4 nitrogen and oxygen atoms in total. The minimum Gasteiger partial charge on any atom is -0.313 e. The van der Waals surface area contributed by atoms with Crippen LogP contribution >= 0.6 is 11.3 Å². The van der Waals surface area contributed by atoms with Gasteiger partial charge in [0.25, 0.3) is 0 Å².